The van der Waals surface area contributed by atoms with Gasteiger partial charge in [-0.25, -0.2) is 13.5 Å². The molecule has 1 amide bonds. The Balaban J connectivity index is 2.11. The second-order valence-electron chi connectivity index (χ2n) is 3.61. The van der Waals surface area contributed by atoms with E-state index in [-0.39, 0.29) is 12.1 Å². The lowest BCUT2D eigenvalue weighted by Gasteiger charge is -2.24. The monoisotopic (exact) mass is 231 g/mol. The maximum absolute atomic E-state index is 12.2. The van der Waals surface area contributed by atoms with Gasteiger partial charge in [-0.2, -0.15) is 5.10 Å². The Hall–Kier alpha value is -1.66. The fraction of sp³-hybridized carbons (Fsp3) is 0.556. The normalized spacial score (nSPS) is 19.3. The molecule has 7 heteroatoms. The van der Waals surface area contributed by atoms with E-state index < -0.39 is 18.4 Å². The van der Waals surface area contributed by atoms with E-state index >= 15 is 0 Å². The Kier molecular flexibility index (Phi) is 2.76. The quantitative estimate of drug-likeness (QED) is 0.835. The first kappa shape index (κ1) is 10.8. The lowest BCUT2D eigenvalue weighted by molar-refractivity contribution is 0.0491. The minimum Gasteiger partial charge on any atom is -0.474 e. The molecule has 88 valence electrons. The number of alkyl halides is 2. The second kappa shape index (κ2) is 4.07. The summed E-state index contributed by atoms with van der Waals surface area (Å²) in [7, 11) is 0. The van der Waals surface area contributed by atoms with Crippen molar-refractivity contribution >= 4 is 5.91 Å². The van der Waals surface area contributed by atoms with Crippen molar-refractivity contribution in [1.82, 2.24) is 9.78 Å². The molecule has 1 atom stereocenters. The molecule has 0 fully saturated rings. The predicted molar refractivity (Wildman–Crippen MR) is 50.4 cm³/mol. The molecule has 0 aliphatic carbocycles. The van der Waals surface area contributed by atoms with Crippen LogP contribution in [-0.2, 0) is 6.54 Å². The van der Waals surface area contributed by atoms with Crippen LogP contribution >= 0.6 is 0 Å². The molecule has 1 aliphatic rings. The van der Waals surface area contributed by atoms with Crippen molar-refractivity contribution in [3.05, 3.63) is 11.8 Å². The van der Waals surface area contributed by atoms with Crippen LogP contribution in [0.4, 0.5) is 8.78 Å². The van der Waals surface area contributed by atoms with E-state index in [0.29, 0.717) is 18.8 Å². The molecule has 5 nitrogen and oxygen atoms in total. The topological polar surface area (TPSA) is 70.1 Å². The van der Waals surface area contributed by atoms with E-state index in [9.17, 15) is 13.6 Å². The molecule has 2 heterocycles. The summed E-state index contributed by atoms with van der Waals surface area (Å²) < 4.78 is 31.1. The number of nitrogens with two attached hydrogens (primary N) is 1. The Morgan fingerprint density at radius 1 is 1.75 bits per heavy atom. The largest absolute Gasteiger partial charge is 0.474 e. The van der Waals surface area contributed by atoms with Gasteiger partial charge >= 0.3 is 0 Å². The number of hydrogen-bond acceptors (Lipinski definition) is 3. The van der Waals surface area contributed by atoms with E-state index in [1.807, 2.05) is 0 Å². The number of halogens is 2. The SMILES string of the molecule is NC(=O)c1cc2n(n1)CCC(CC(F)F)O2. The molecule has 1 aromatic heterocycles. The summed E-state index contributed by atoms with van der Waals surface area (Å²) in [5.74, 6) is -0.332. The number of aromatic nitrogens is 2. The van der Waals surface area contributed by atoms with Gasteiger partial charge in [0.2, 0.25) is 12.3 Å². The predicted octanol–water partition coefficient (Wildman–Crippen LogP) is 0.788. The van der Waals surface area contributed by atoms with Gasteiger partial charge in [-0.05, 0) is 0 Å². The fourth-order valence-electron chi connectivity index (χ4n) is 1.64. The molecule has 0 saturated carbocycles. The average molecular weight is 231 g/mol. The summed E-state index contributed by atoms with van der Waals surface area (Å²) in [6, 6.07) is 1.37. The van der Waals surface area contributed by atoms with Crippen molar-refractivity contribution in [1.29, 1.82) is 0 Å². The van der Waals surface area contributed by atoms with Crippen LogP contribution in [0.1, 0.15) is 23.3 Å². The number of ether oxygens (including phenoxy) is 1. The van der Waals surface area contributed by atoms with Crippen molar-refractivity contribution in [2.75, 3.05) is 0 Å². The van der Waals surface area contributed by atoms with E-state index in [0.717, 1.165) is 0 Å². The lowest BCUT2D eigenvalue weighted by atomic mass is 10.2. The molecule has 0 aromatic carbocycles. The first-order valence-corrected chi connectivity index (χ1v) is 4.88. The summed E-state index contributed by atoms with van der Waals surface area (Å²) in [5, 5.41) is 3.89. The van der Waals surface area contributed by atoms with E-state index in [1.165, 1.54) is 10.7 Å². The molecule has 1 aliphatic heterocycles. The fourth-order valence-corrected chi connectivity index (χ4v) is 1.64. The number of rotatable bonds is 3. The Labute approximate surface area is 90.2 Å². The molecule has 16 heavy (non-hydrogen) atoms. The number of fused-ring (bicyclic) bond motifs is 1. The molecule has 0 radical (unpaired) electrons. The third-order valence-electron chi connectivity index (χ3n) is 2.39. The first-order chi connectivity index (χ1) is 7.56. The highest BCUT2D eigenvalue weighted by atomic mass is 19.3. The minimum atomic E-state index is -2.39. The van der Waals surface area contributed by atoms with Gasteiger partial charge in [-0.3, -0.25) is 4.79 Å². The molecular weight excluding hydrogens is 220 g/mol. The molecular formula is C9H11F2N3O2. The van der Waals surface area contributed by atoms with Gasteiger partial charge in [-0.1, -0.05) is 0 Å². The first-order valence-electron chi connectivity index (χ1n) is 4.88. The molecule has 0 bridgehead atoms. The number of nitrogens with zero attached hydrogens (tertiary/aromatic N) is 2. The van der Waals surface area contributed by atoms with Crippen LogP contribution in [0.5, 0.6) is 5.88 Å². The smallest absolute Gasteiger partial charge is 0.269 e. The molecule has 1 aromatic rings. The third-order valence-corrected chi connectivity index (χ3v) is 2.39. The van der Waals surface area contributed by atoms with Crippen molar-refractivity contribution in [2.45, 2.75) is 31.9 Å². The van der Waals surface area contributed by atoms with Crippen molar-refractivity contribution in [2.24, 2.45) is 5.73 Å². The molecule has 0 spiro atoms. The number of carbonyl (C=O) groups excluding carboxylic acids is 1. The minimum absolute atomic E-state index is 0.0905. The average Bonchev–Trinajstić information content (AvgIpc) is 2.59. The highest BCUT2D eigenvalue weighted by Crippen LogP contribution is 2.24. The van der Waals surface area contributed by atoms with Crippen molar-refractivity contribution in [3.63, 3.8) is 0 Å². The standard InChI is InChI=1S/C9H11F2N3O2/c10-7(11)3-5-1-2-14-8(16-5)4-6(13-14)9(12)15/h4-5,7H,1-3H2,(H2,12,15). The molecule has 2 N–H and O–H groups in total. The highest BCUT2D eigenvalue weighted by molar-refractivity contribution is 5.91. The van der Waals surface area contributed by atoms with Crippen molar-refractivity contribution < 1.29 is 18.3 Å². The van der Waals surface area contributed by atoms with Gasteiger partial charge in [0.1, 0.15) is 6.10 Å². The summed E-state index contributed by atoms with van der Waals surface area (Å²) in [5.41, 5.74) is 5.14. The van der Waals surface area contributed by atoms with Crippen molar-refractivity contribution in [3.8, 4) is 5.88 Å². The summed E-state index contributed by atoms with van der Waals surface area (Å²) in [6.07, 6.45) is -2.77. The molecule has 1 unspecified atom stereocenters. The number of carbonyl (C=O) groups is 1. The van der Waals surface area contributed by atoms with Crippen LogP contribution in [-0.4, -0.2) is 28.2 Å². The molecule has 0 saturated heterocycles. The maximum atomic E-state index is 12.2. The van der Waals surface area contributed by atoms with E-state index in [2.05, 4.69) is 5.10 Å². The maximum Gasteiger partial charge on any atom is 0.269 e. The number of aryl methyl sites for hydroxylation is 1. The summed E-state index contributed by atoms with van der Waals surface area (Å²) in [4.78, 5) is 10.8. The highest BCUT2D eigenvalue weighted by Gasteiger charge is 2.25. The van der Waals surface area contributed by atoms with Crippen LogP contribution in [0.3, 0.4) is 0 Å². The van der Waals surface area contributed by atoms with E-state index in [4.69, 9.17) is 10.5 Å². The van der Waals surface area contributed by atoms with Gasteiger partial charge in [0, 0.05) is 25.5 Å². The Morgan fingerprint density at radius 3 is 3.12 bits per heavy atom. The van der Waals surface area contributed by atoms with Crippen LogP contribution in [0.15, 0.2) is 6.07 Å². The van der Waals surface area contributed by atoms with Gasteiger partial charge < -0.3 is 10.5 Å². The number of amides is 1. The second-order valence-corrected chi connectivity index (χ2v) is 3.61. The zero-order chi connectivity index (χ0) is 11.7. The van der Waals surface area contributed by atoms with Gasteiger partial charge in [0.25, 0.3) is 5.91 Å². The van der Waals surface area contributed by atoms with Crippen LogP contribution < -0.4 is 10.5 Å². The third kappa shape index (κ3) is 2.12. The van der Waals surface area contributed by atoms with Gasteiger partial charge in [-0.15, -0.1) is 0 Å². The Morgan fingerprint density at radius 2 is 2.50 bits per heavy atom. The summed E-state index contributed by atoms with van der Waals surface area (Å²) in [6.45, 7) is 0.458. The van der Waals surface area contributed by atoms with E-state index in [1.54, 1.807) is 0 Å². The van der Waals surface area contributed by atoms with Gasteiger partial charge in [0.15, 0.2) is 5.69 Å². The van der Waals surface area contributed by atoms with Crippen LogP contribution in [0.2, 0.25) is 0 Å². The Bertz CT molecular complexity index is 405. The lowest BCUT2D eigenvalue weighted by Crippen LogP contribution is -2.28. The zero-order valence-corrected chi connectivity index (χ0v) is 8.40. The zero-order valence-electron chi connectivity index (χ0n) is 8.40. The summed E-state index contributed by atoms with van der Waals surface area (Å²) >= 11 is 0. The molecule has 2 rings (SSSR count). The van der Waals surface area contributed by atoms with Gasteiger partial charge in [0.05, 0.1) is 0 Å². The van der Waals surface area contributed by atoms with Crippen LogP contribution in [0.25, 0.3) is 0 Å². The number of primary amides is 1. The number of hydrogen-bond donors (Lipinski definition) is 1. The van der Waals surface area contributed by atoms with Crippen LogP contribution in [0, 0.1) is 0 Å².